The van der Waals surface area contributed by atoms with E-state index in [1.165, 1.54) is 6.92 Å². The fourth-order valence-electron chi connectivity index (χ4n) is 8.03. The van der Waals surface area contributed by atoms with Crippen LogP contribution in [-0.4, -0.2) is 72.2 Å². The Balaban J connectivity index is 1.20. The van der Waals surface area contributed by atoms with Gasteiger partial charge in [-0.05, 0) is 95.3 Å². The minimum absolute atomic E-state index is 0.0202. The number of carbonyl (C=O) groups excluding carboxylic acids is 4. The fraction of sp³-hybridized carbons (Fsp3) is 0.667. The molecule has 2 amide bonds. The van der Waals surface area contributed by atoms with Crippen LogP contribution < -0.4 is 20.1 Å². The Morgan fingerprint density at radius 2 is 1.88 bits per heavy atom. The molecule has 48 heavy (non-hydrogen) atoms. The van der Waals surface area contributed by atoms with Gasteiger partial charge in [-0.15, -0.1) is 0 Å². The standard InChI is InChI=1S/C36H50N2O10/c1-19(2)17-24(38-33(42)48-34(5,6)7)31(40)37-16-13-27(39)45-21(4)32(41)46-26-12-15-36(43)23-18-22-9-10-25(44-8)29-28(22)35(36,30(26)47-29)14-11-20(23)3/h9-10,12,19-21,23-24,30,43H,11,13-18H2,1-8H3,(H,37,40)(H,38,42)/t20?,21-,23-,24-,30-,35-,36+/m0/s1. The highest BCUT2D eigenvalue weighted by molar-refractivity contribution is 5.86. The van der Waals surface area contributed by atoms with Gasteiger partial charge in [-0.1, -0.05) is 26.8 Å². The van der Waals surface area contributed by atoms with Gasteiger partial charge in [0.1, 0.15) is 17.4 Å². The monoisotopic (exact) mass is 670 g/mol. The topological polar surface area (TPSA) is 159 Å². The number of amides is 2. The fourth-order valence-corrected chi connectivity index (χ4v) is 8.03. The number of methoxy groups -OCH3 is 1. The van der Waals surface area contributed by atoms with Gasteiger partial charge in [0.25, 0.3) is 0 Å². The van der Waals surface area contributed by atoms with Crippen LogP contribution in [0.2, 0.25) is 0 Å². The molecule has 5 rings (SSSR count). The summed E-state index contributed by atoms with van der Waals surface area (Å²) in [6.45, 7) is 12.6. The molecule has 3 N–H and O–H groups in total. The van der Waals surface area contributed by atoms with Gasteiger partial charge in [0.05, 0.1) is 24.5 Å². The molecule has 2 bridgehead atoms. The van der Waals surface area contributed by atoms with E-state index in [0.717, 1.165) is 24.0 Å². The van der Waals surface area contributed by atoms with Crippen LogP contribution in [0.25, 0.3) is 0 Å². The number of hydrogen-bond donors (Lipinski definition) is 3. The number of rotatable bonds is 11. The van der Waals surface area contributed by atoms with Crippen molar-refractivity contribution >= 4 is 23.9 Å². The summed E-state index contributed by atoms with van der Waals surface area (Å²) in [4.78, 5) is 51.0. The Morgan fingerprint density at radius 3 is 2.54 bits per heavy atom. The van der Waals surface area contributed by atoms with Crippen LogP contribution in [0, 0.1) is 17.8 Å². The van der Waals surface area contributed by atoms with E-state index >= 15 is 0 Å². The molecule has 1 aromatic carbocycles. The zero-order valence-corrected chi connectivity index (χ0v) is 29.3. The SMILES string of the molecule is COc1ccc2c3c1O[C@H]1C(OC(=O)[C@H](C)OC(=O)CCNC(=O)[C@H](CC(C)C)NC(=O)OC(C)(C)C)=CC[C@@]4(O)[C@@H](C2)C(C)CC[C@]314. The van der Waals surface area contributed by atoms with Crippen molar-refractivity contribution in [1.82, 2.24) is 10.6 Å². The second-order valence-electron chi connectivity index (χ2n) is 15.1. The maximum Gasteiger partial charge on any atom is 0.408 e. The number of aliphatic hydroxyl groups is 1. The van der Waals surface area contributed by atoms with Crippen molar-refractivity contribution in [2.45, 2.75) is 122 Å². The first-order valence-corrected chi connectivity index (χ1v) is 17.0. The van der Waals surface area contributed by atoms with E-state index in [2.05, 4.69) is 17.6 Å². The van der Waals surface area contributed by atoms with E-state index in [0.29, 0.717) is 36.7 Å². The van der Waals surface area contributed by atoms with Crippen LogP contribution in [0.15, 0.2) is 24.0 Å². The summed E-state index contributed by atoms with van der Waals surface area (Å²) in [5.41, 5.74) is -0.531. The third-order valence-corrected chi connectivity index (χ3v) is 10.1. The lowest BCUT2D eigenvalue weighted by molar-refractivity contribution is -0.176. The van der Waals surface area contributed by atoms with Crippen LogP contribution in [0.4, 0.5) is 4.79 Å². The van der Waals surface area contributed by atoms with Crippen molar-refractivity contribution in [2.75, 3.05) is 13.7 Å². The highest BCUT2D eigenvalue weighted by atomic mass is 16.6. The minimum atomic E-state index is -1.24. The first-order valence-electron chi connectivity index (χ1n) is 17.0. The average Bonchev–Trinajstić information content (AvgIpc) is 3.34. The molecule has 264 valence electrons. The molecule has 1 spiro atoms. The summed E-state index contributed by atoms with van der Waals surface area (Å²) in [7, 11) is 1.57. The van der Waals surface area contributed by atoms with E-state index in [1.54, 1.807) is 34.0 Å². The zero-order chi connectivity index (χ0) is 35.2. The van der Waals surface area contributed by atoms with Crippen molar-refractivity contribution in [3.8, 4) is 11.5 Å². The molecule has 1 saturated carbocycles. The molecule has 12 nitrogen and oxygen atoms in total. The van der Waals surface area contributed by atoms with Crippen molar-refractivity contribution in [3.05, 3.63) is 35.1 Å². The molecule has 0 aromatic heterocycles. The number of carbonyl (C=O) groups is 4. The summed E-state index contributed by atoms with van der Waals surface area (Å²) in [6, 6.07) is 3.08. The zero-order valence-electron chi connectivity index (χ0n) is 29.3. The van der Waals surface area contributed by atoms with Crippen molar-refractivity contribution < 1.29 is 48.0 Å². The van der Waals surface area contributed by atoms with Crippen LogP contribution in [0.1, 0.15) is 91.7 Å². The number of ether oxygens (including phenoxy) is 5. The molecule has 7 atom stereocenters. The second-order valence-corrected chi connectivity index (χ2v) is 15.1. The highest BCUT2D eigenvalue weighted by Gasteiger charge is 2.72. The largest absolute Gasteiger partial charge is 0.493 e. The number of benzene rings is 1. The van der Waals surface area contributed by atoms with E-state index in [4.69, 9.17) is 23.7 Å². The molecule has 4 aliphatic rings. The third-order valence-electron chi connectivity index (χ3n) is 10.1. The van der Waals surface area contributed by atoms with Gasteiger partial charge in [0.15, 0.2) is 23.7 Å². The molecule has 1 aliphatic heterocycles. The average molecular weight is 671 g/mol. The predicted octanol–water partition coefficient (Wildman–Crippen LogP) is 4.24. The summed E-state index contributed by atoms with van der Waals surface area (Å²) >= 11 is 0. The Hall–Kier alpha value is -3.80. The Kier molecular flexibility index (Phi) is 9.80. The summed E-state index contributed by atoms with van der Waals surface area (Å²) in [6.07, 6.45) is 1.80. The summed E-state index contributed by atoms with van der Waals surface area (Å²) in [5.74, 6) is -0.0817. The molecular weight excluding hydrogens is 620 g/mol. The number of esters is 2. The lowest BCUT2D eigenvalue weighted by Crippen LogP contribution is -2.69. The molecular formula is C36H50N2O10. The number of hydrogen-bond acceptors (Lipinski definition) is 10. The van der Waals surface area contributed by atoms with Gasteiger partial charge in [-0.2, -0.15) is 0 Å². The smallest absolute Gasteiger partial charge is 0.408 e. The van der Waals surface area contributed by atoms with Crippen LogP contribution in [-0.2, 0) is 40.4 Å². The van der Waals surface area contributed by atoms with Crippen LogP contribution in [0.5, 0.6) is 11.5 Å². The van der Waals surface area contributed by atoms with Gasteiger partial charge in [0, 0.05) is 12.1 Å². The Morgan fingerprint density at radius 1 is 1.15 bits per heavy atom. The van der Waals surface area contributed by atoms with Crippen LogP contribution in [0.3, 0.4) is 0 Å². The van der Waals surface area contributed by atoms with Gasteiger partial charge in [0.2, 0.25) is 5.91 Å². The molecule has 1 aromatic rings. The van der Waals surface area contributed by atoms with E-state index in [9.17, 15) is 24.3 Å². The normalized spacial score (nSPS) is 27.8. The molecule has 1 heterocycles. The Labute approximate surface area is 282 Å². The predicted molar refractivity (Wildman–Crippen MR) is 174 cm³/mol. The number of nitrogens with one attached hydrogen (secondary N) is 2. The minimum Gasteiger partial charge on any atom is -0.493 e. The second kappa shape index (κ2) is 13.2. The molecule has 3 aliphatic carbocycles. The van der Waals surface area contributed by atoms with E-state index in [1.807, 2.05) is 26.0 Å². The third kappa shape index (κ3) is 6.47. The molecule has 12 heteroatoms. The van der Waals surface area contributed by atoms with E-state index in [-0.39, 0.29) is 30.6 Å². The first-order chi connectivity index (χ1) is 22.5. The lowest BCUT2D eigenvalue weighted by atomic mass is 9.45. The summed E-state index contributed by atoms with van der Waals surface area (Å²) < 4.78 is 28.7. The van der Waals surface area contributed by atoms with Gasteiger partial charge < -0.3 is 39.4 Å². The maximum atomic E-state index is 13.3. The van der Waals surface area contributed by atoms with Crippen molar-refractivity contribution in [2.24, 2.45) is 17.8 Å². The van der Waals surface area contributed by atoms with Crippen molar-refractivity contribution in [3.63, 3.8) is 0 Å². The highest BCUT2D eigenvalue weighted by Crippen LogP contribution is 2.68. The van der Waals surface area contributed by atoms with Crippen molar-refractivity contribution in [1.29, 1.82) is 0 Å². The van der Waals surface area contributed by atoms with Gasteiger partial charge in [-0.25, -0.2) is 9.59 Å². The van der Waals surface area contributed by atoms with Gasteiger partial charge >= 0.3 is 18.0 Å². The lowest BCUT2D eigenvalue weighted by Gasteiger charge is -2.61. The van der Waals surface area contributed by atoms with Crippen LogP contribution >= 0.6 is 0 Å². The first kappa shape index (κ1) is 35.5. The summed E-state index contributed by atoms with van der Waals surface area (Å²) in [5, 5.41) is 17.6. The van der Waals surface area contributed by atoms with E-state index < -0.39 is 58.8 Å². The van der Waals surface area contributed by atoms with Gasteiger partial charge in [-0.3, -0.25) is 9.59 Å². The Bertz CT molecular complexity index is 1480. The molecule has 1 unspecified atom stereocenters. The number of alkyl carbamates (subject to hydrolysis) is 1. The molecule has 0 saturated heterocycles. The molecule has 0 radical (unpaired) electrons. The molecule has 1 fully saturated rings. The maximum absolute atomic E-state index is 13.3. The quantitative estimate of drug-likeness (QED) is 0.230.